The highest BCUT2D eigenvalue weighted by molar-refractivity contribution is 6.22. The molecule has 310 valence electrons. The van der Waals surface area contributed by atoms with Crippen molar-refractivity contribution in [1.82, 2.24) is 0 Å². The molecule has 0 bridgehead atoms. The van der Waals surface area contributed by atoms with Gasteiger partial charge in [0.15, 0.2) is 0 Å². The third kappa shape index (κ3) is 5.90. The average molecular weight is 824 g/mol. The van der Waals surface area contributed by atoms with Gasteiger partial charge in [-0.2, -0.15) is 0 Å². The van der Waals surface area contributed by atoms with Gasteiger partial charge in [-0.3, -0.25) is 0 Å². The number of hydrogen-bond acceptors (Lipinski definition) is 1. The molecule has 64 heavy (non-hydrogen) atoms. The molecule has 1 nitrogen and oxygen atoms in total. The van der Waals surface area contributed by atoms with Crippen LogP contribution in [0.15, 0.2) is 200 Å². The van der Waals surface area contributed by atoms with Gasteiger partial charge in [0, 0.05) is 27.9 Å². The average Bonchev–Trinajstić information content (AvgIpc) is 3.70. The summed E-state index contributed by atoms with van der Waals surface area (Å²) in [6, 6.07) is 58.2. The second-order valence-corrected chi connectivity index (χ2v) is 19.6. The number of benzene rings is 8. The van der Waals surface area contributed by atoms with Crippen LogP contribution in [-0.2, 0) is 10.8 Å². The minimum Gasteiger partial charge on any atom is -0.315 e. The molecule has 0 amide bonds. The van der Waals surface area contributed by atoms with E-state index in [2.05, 4.69) is 228 Å². The highest BCUT2D eigenvalue weighted by atomic mass is 15.2. The van der Waals surface area contributed by atoms with Gasteiger partial charge in [0.1, 0.15) is 0 Å². The topological polar surface area (TPSA) is 3.24 Å². The van der Waals surface area contributed by atoms with E-state index in [1.54, 1.807) is 0 Å². The Balaban J connectivity index is 1.06. The van der Waals surface area contributed by atoms with Crippen molar-refractivity contribution in [3.8, 4) is 55.6 Å². The molecule has 1 heteroatoms. The van der Waals surface area contributed by atoms with Crippen LogP contribution in [0.2, 0.25) is 0 Å². The summed E-state index contributed by atoms with van der Waals surface area (Å²) < 4.78 is 0. The van der Waals surface area contributed by atoms with E-state index in [4.69, 9.17) is 0 Å². The van der Waals surface area contributed by atoms with Crippen LogP contribution in [0.4, 0.5) is 5.69 Å². The van der Waals surface area contributed by atoms with Gasteiger partial charge in [0.25, 0.3) is 0 Å². The third-order valence-electron chi connectivity index (χ3n) is 15.0. The molecule has 1 atom stereocenters. The molecule has 8 aromatic rings. The SMILES string of the molecule is CC1C=CC=C(N(C2=CCCC=C2)c2ccc(-c3ccc4c(-c5ccc6c(c5)C(C)(C)c5ccccc5-6)c5ccccc5c(-c5ccc6c(c5)C(C)(C)c5ccccc5-6)c4c3)cc2)C1. The Morgan fingerprint density at radius 3 is 1.61 bits per heavy atom. The zero-order valence-corrected chi connectivity index (χ0v) is 37.5. The summed E-state index contributed by atoms with van der Waals surface area (Å²) in [4.78, 5) is 2.47. The smallest absolute Gasteiger partial charge is 0.0458 e. The predicted octanol–water partition coefficient (Wildman–Crippen LogP) is 17.1. The van der Waals surface area contributed by atoms with Crippen LogP contribution in [0.1, 0.15) is 76.1 Å². The number of hydrogen-bond donors (Lipinski definition) is 0. The first-order chi connectivity index (χ1) is 31.2. The second-order valence-electron chi connectivity index (χ2n) is 19.6. The second kappa shape index (κ2) is 14.5. The lowest BCUT2D eigenvalue weighted by Gasteiger charge is -2.32. The van der Waals surface area contributed by atoms with Crippen LogP contribution in [-0.4, -0.2) is 0 Å². The van der Waals surface area contributed by atoms with E-state index in [0.29, 0.717) is 5.92 Å². The fourth-order valence-corrected chi connectivity index (χ4v) is 11.7. The van der Waals surface area contributed by atoms with Crippen molar-refractivity contribution < 1.29 is 0 Å². The molecule has 0 aromatic heterocycles. The van der Waals surface area contributed by atoms with Gasteiger partial charge in [-0.25, -0.2) is 0 Å². The number of nitrogens with zero attached hydrogens (tertiary/aromatic N) is 1. The van der Waals surface area contributed by atoms with Crippen molar-refractivity contribution in [1.29, 1.82) is 0 Å². The molecular weight excluding hydrogens is 771 g/mol. The minimum atomic E-state index is -0.103. The monoisotopic (exact) mass is 823 g/mol. The Morgan fingerprint density at radius 2 is 1.02 bits per heavy atom. The van der Waals surface area contributed by atoms with Crippen LogP contribution in [0.3, 0.4) is 0 Å². The van der Waals surface area contributed by atoms with E-state index < -0.39 is 0 Å². The molecule has 0 N–H and O–H groups in total. The molecule has 4 aliphatic rings. The molecule has 0 saturated heterocycles. The maximum atomic E-state index is 2.51. The molecule has 0 spiro atoms. The molecule has 0 aliphatic heterocycles. The van der Waals surface area contributed by atoms with Crippen LogP contribution in [0.25, 0.3) is 77.2 Å². The Kier molecular flexibility index (Phi) is 8.79. The first kappa shape index (κ1) is 38.7. The van der Waals surface area contributed by atoms with Gasteiger partial charge < -0.3 is 4.90 Å². The zero-order valence-electron chi connectivity index (χ0n) is 37.5. The lowest BCUT2D eigenvalue weighted by atomic mass is 9.79. The lowest BCUT2D eigenvalue weighted by Crippen LogP contribution is -2.23. The van der Waals surface area contributed by atoms with Crippen molar-refractivity contribution in [2.75, 3.05) is 4.90 Å². The summed E-state index contributed by atoms with van der Waals surface area (Å²) in [5, 5.41) is 5.12. The molecule has 0 saturated carbocycles. The van der Waals surface area contributed by atoms with Gasteiger partial charge in [-0.15, -0.1) is 0 Å². The molecule has 0 radical (unpaired) electrons. The molecule has 12 rings (SSSR count). The number of fused-ring (bicyclic) bond motifs is 8. The number of allylic oxidation sites excluding steroid dienone is 7. The van der Waals surface area contributed by atoms with Crippen molar-refractivity contribution >= 4 is 27.2 Å². The summed E-state index contributed by atoms with van der Waals surface area (Å²) in [5.74, 6) is 0.509. The first-order valence-corrected chi connectivity index (χ1v) is 23.3. The Bertz CT molecular complexity index is 3360. The summed E-state index contributed by atoms with van der Waals surface area (Å²) in [6.45, 7) is 11.9. The molecule has 8 aromatic carbocycles. The summed E-state index contributed by atoms with van der Waals surface area (Å²) in [5.41, 5.74) is 22.2. The van der Waals surface area contributed by atoms with E-state index in [1.165, 1.54) is 117 Å². The summed E-state index contributed by atoms with van der Waals surface area (Å²) in [6.07, 6.45) is 17.0. The fourth-order valence-electron chi connectivity index (χ4n) is 11.7. The van der Waals surface area contributed by atoms with E-state index in [0.717, 1.165) is 19.3 Å². The van der Waals surface area contributed by atoms with Crippen LogP contribution in [0.5, 0.6) is 0 Å². The fraction of sp³-hybridized carbons (Fsp3) is 0.175. The van der Waals surface area contributed by atoms with E-state index in [-0.39, 0.29) is 10.8 Å². The van der Waals surface area contributed by atoms with Crippen LogP contribution < -0.4 is 4.90 Å². The maximum Gasteiger partial charge on any atom is 0.0458 e. The Labute approximate surface area is 378 Å². The largest absolute Gasteiger partial charge is 0.315 e. The number of rotatable bonds is 6. The van der Waals surface area contributed by atoms with Crippen molar-refractivity contribution in [3.05, 3.63) is 222 Å². The summed E-state index contributed by atoms with van der Waals surface area (Å²) >= 11 is 0. The van der Waals surface area contributed by atoms with E-state index in [1.807, 2.05) is 0 Å². The van der Waals surface area contributed by atoms with E-state index >= 15 is 0 Å². The Morgan fingerprint density at radius 1 is 0.484 bits per heavy atom. The molecular formula is C63H53N. The highest BCUT2D eigenvalue weighted by Crippen LogP contribution is 2.54. The third-order valence-corrected chi connectivity index (χ3v) is 15.0. The highest BCUT2D eigenvalue weighted by Gasteiger charge is 2.37. The molecule has 0 heterocycles. The van der Waals surface area contributed by atoms with Gasteiger partial charge >= 0.3 is 0 Å². The number of anilines is 1. The minimum absolute atomic E-state index is 0.0938. The van der Waals surface area contributed by atoms with E-state index in [9.17, 15) is 0 Å². The standard InChI is InChI=1S/C63H53N/c1-40-16-15-19-47(36-40)64(45-17-7-6-8-18-45)46-31-26-41(27-32-46)42-28-35-54-55(37-42)61(44-30-34-51-49-21-12-14-25-57(49)63(4,5)59(51)39-44)53-23-10-9-22-52(53)60(54)43-29-33-50-48-20-11-13-24-56(48)62(2,3)58(50)38-43/h7,9-35,37-40H,6,8,36H2,1-5H3. The molecule has 1 unspecified atom stereocenters. The van der Waals surface area contributed by atoms with Gasteiger partial charge in [-0.05, 0) is 167 Å². The van der Waals surface area contributed by atoms with Crippen LogP contribution >= 0.6 is 0 Å². The molecule has 0 fully saturated rings. The zero-order chi connectivity index (χ0) is 43.3. The van der Waals surface area contributed by atoms with Gasteiger partial charge in [-0.1, -0.05) is 180 Å². The van der Waals surface area contributed by atoms with Crippen molar-refractivity contribution in [2.24, 2.45) is 5.92 Å². The van der Waals surface area contributed by atoms with Crippen molar-refractivity contribution in [2.45, 2.75) is 64.7 Å². The molecule has 4 aliphatic carbocycles. The predicted molar refractivity (Wildman–Crippen MR) is 273 cm³/mol. The van der Waals surface area contributed by atoms with Crippen molar-refractivity contribution in [3.63, 3.8) is 0 Å². The van der Waals surface area contributed by atoms with Crippen LogP contribution in [0, 0.1) is 5.92 Å². The quantitative estimate of drug-likeness (QED) is 0.151. The maximum absolute atomic E-state index is 2.51. The Hall–Kier alpha value is -6.96. The lowest BCUT2D eigenvalue weighted by molar-refractivity contribution is 0.660. The normalized spacial score (nSPS) is 17.4. The van der Waals surface area contributed by atoms with Gasteiger partial charge in [0.05, 0.1) is 0 Å². The summed E-state index contributed by atoms with van der Waals surface area (Å²) in [7, 11) is 0. The van der Waals surface area contributed by atoms with Gasteiger partial charge in [0.2, 0.25) is 0 Å². The first-order valence-electron chi connectivity index (χ1n) is 23.3.